The van der Waals surface area contributed by atoms with Crippen LogP contribution in [0.5, 0.6) is 0 Å². The average molecular weight is 430 g/mol. The first-order valence-corrected chi connectivity index (χ1v) is 11.0. The summed E-state index contributed by atoms with van der Waals surface area (Å²) < 4.78 is 0. The third-order valence-electron chi connectivity index (χ3n) is 3.80. The number of allylic oxidation sites excluding steroid dienone is 2. The van der Waals surface area contributed by atoms with Crippen LogP contribution in [0.2, 0.25) is 0 Å². The molecule has 0 bridgehead atoms. The van der Waals surface area contributed by atoms with Gasteiger partial charge in [0.25, 0.3) is 0 Å². The van der Waals surface area contributed by atoms with Crippen molar-refractivity contribution >= 4 is 14.2 Å². The van der Waals surface area contributed by atoms with E-state index in [4.69, 9.17) is 0 Å². The van der Waals surface area contributed by atoms with Crippen molar-refractivity contribution in [3.05, 3.63) is 34.6 Å². The number of hydrogen-bond acceptors (Lipinski definition) is 3. The predicted octanol–water partition coefficient (Wildman–Crippen LogP) is 2.35. The van der Waals surface area contributed by atoms with Crippen LogP contribution in [0.4, 0.5) is 0 Å². The Morgan fingerprint density at radius 3 is 2.57 bits per heavy atom. The molecule has 2 aliphatic rings. The van der Waals surface area contributed by atoms with E-state index in [1.165, 1.54) is 19.3 Å². The molecule has 1 saturated heterocycles. The summed E-state index contributed by atoms with van der Waals surface area (Å²) in [7, 11) is 0. The number of rotatable bonds is 10. The topological polar surface area (TPSA) is 64.3 Å². The normalized spacial score (nSPS) is 20.3. The Labute approximate surface area is 156 Å². The zero-order valence-corrected chi connectivity index (χ0v) is 16.3. The first-order valence-electron chi connectivity index (χ1n) is 8.40. The molecule has 0 aromatic rings. The van der Waals surface area contributed by atoms with Crippen LogP contribution in [0.1, 0.15) is 19.3 Å². The summed E-state index contributed by atoms with van der Waals surface area (Å²) in [4.78, 5) is 0. The van der Waals surface area contributed by atoms with Gasteiger partial charge in [-0.05, 0) is 6.54 Å². The number of halogens is 1. The fourth-order valence-corrected chi connectivity index (χ4v) is 2.56. The van der Waals surface area contributed by atoms with Gasteiger partial charge < -0.3 is 26.6 Å². The van der Waals surface area contributed by atoms with Crippen molar-refractivity contribution in [2.75, 3.05) is 52.4 Å². The van der Waals surface area contributed by atoms with Crippen LogP contribution in [0.15, 0.2) is 23.9 Å². The van der Waals surface area contributed by atoms with E-state index in [1.807, 2.05) is 0 Å². The molecule has 0 saturated carbocycles. The second kappa shape index (κ2) is 15.6. The molecule has 7 heteroatoms. The van der Waals surface area contributed by atoms with Gasteiger partial charge in [0, 0.05) is 32.7 Å². The average Bonchev–Trinajstić information content (AvgIpc) is 2.64. The number of hydrogen-bond donors (Lipinski definition) is 3. The zero-order chi connectivity index (χ0) is 16.6. The van der Waals surface area contributed by atoms with E-state index >= 15 is 0 Å². The van der Waals surface area contributed by atoms with Gasteiger partial charge in [-0.15, -0.1) is 30.9 Å². The molecule has 2 aliphatic heterocycles. The second-order valence-corrected chi connectivity index (χ2v) is 5.61. The number of piperidine rings is 1. The van der Waals surface area contributed by atoms with Gasteiger partial charge in [-0.25, -0.2) is 0 Å². The molecule has 5 nitrogen and oxygen atoms in total. The molecule has 3 N–H and O–H groups in total. The fraction of sp³-hybridized carbons (Fsp3) is 0.750. The standard InChI is InChI=1S/C16H29N5.BrH.Co/c1-3-7-20-15(5-1)13-18-11-9-17-10-12-19-14-16-6-2-4-8-21-16;;/h1,3,5,16-19H,2,4,6-14H2;1H;/q-2;;+3/p-1. The van der Waals surface area contributed by atoms with Crippen molar-refractivity contribution in [2.45, 2.75) is 25.3 Å². The first-order chi connectivity index (χ1) is 11.4. The number of nitrogens with zero attached hydrogens (tertiary/aromatic N) is 2. The van der Waals surface area contributed by atoms with Crippen molar-refractivity contribution in [1.29, 1.82) is 0 Å². The molecule has 0 spiro atoms. The molecule has 0 aromatic heterocycles. The van der Waals surface area contributed by atoms with Gasteiger partial charge in [0.1, 0.15) is 0 Å². The Morgan fingerprint density at radius 2 is 1.87 bits per heavy atom. The van der Waals surface area contributed by atoms with E-state index < -0.39 is 0 Å². The van der Waals surface area contributed by atoms with Gasteiger partial charge in [0.05, 0.1) is 0 Å². The Kier molecular flexibility index (Phi) is 14.4. The van der Waals surface area contributed by atoms with Crippen LogP contribution >= 0.6 is 14.2 Å². The molecule has 23 heavy (non-hydrogen) atoms. The molecule has 134 valence electrons. The van der Waals surface area contributed by atoms with Crippen LogP contribution in [0.3, 0.4) is 0 Å². The quantitative estimate of drug-likeness (QED) is 0.467. The third-order valence-corrected chi connectivity index (χ3v) is 3.80. The molecular weight excluding hydrogens is 401 g/mol. The van der Waals surface area contributed by atoms with E-state index in [1.54, 1.807) is 0 Å². The molecule has 0 aromatic carbocycles. The minimum absolute atomic E-state index is 0.557. The van der Waals surface area contributed by atoms with Crippen molar-refractivity contribution in [3.8, 4) is 0 Å². The molecule has 0 radical (unpaired) electrons. The Morgan fingerprint density at radius 1 is 1.09 bits per heavy atom. The van der Waals surface area contributed by atoms with Gasteiger partial charge >= 0.3 is 28.1 Å². The summed E-state index contributed by atoms with van der Waals surface area (Å²) in [6, 6.07) is 0.557. The minimum atomic E-state index is 0.557. The van der Waals surface area contributed by atoms with E-state index in [0.717, 1.165) is 58.1 Å². The molecule has 2 heterocycles. The molecule has 1 atom stereocenters. The van der Waals surface area contributed by atoms with Crippen LogP contribution in [-0.4, -0.2) is 58.4 Å². The summed E-state index contributed by atoms with van der Waals surface area (Å²) in [5.41, 5.74) is 1.15. The monoisotopic (exact) mass is 429 g/mol. The summed E-state index contributed by atoms with van der Waals surface area (Å²) >= 11 is 6.00. The maximum absolute atomic E-state index is 4.62. The first kappa shape index (κ1) is 21.1. The Hall–Kier alpha value is 0.106. The fourth-order valence-electron chi connectivity index (χ4n) is 2.56. The summed E-state index contributed by atoms with van der Waals surface area (Å²) in [5, 5.41) is 19.4. The molecule has 1 fully saturated rings. The van der Waals surface area contributed by atoms with Gasteiger partial charge in [-0.2, -0.15) is 0 Å². The molecular formula is C16H29BrCoN5. The van der Waals surface area contributed by atoms with Gasteiger partial charge in [0.2, 0.25) is 0 Å². The molecule has 0 amide bonds. The maximum atomic E-state index is 4.62. The SMILES string of the molecule is C1=CC[N-]C(CNCCNCCNCC2CCCC[N-]2)=C1.[Co+2][Br]. The summed E-state index contributed by atoms with van der Waals surface area (Å²) in [5.74, 6) is 0. The molecule has 0 aliphatic carbocycles. The van der Waals surface area contributed by atoms with Crippen LogP contribution in [-0.2, 0) is 13.9 Å². The van der Waals surface area contributed by atoms with Crippen molar-refractivity contribution in [1.82, 2.24) is 16.0 Å². The van der Waals surface area contributed by atoms with Gasteiger partial charge in [-0.3, -0.25) is 0 Å². The van der Waals surface area contributed by atoms with Gasteiger partial charge in [0.15, 0.2) is 0 Å². The molecule has 2 rings (SSSR count). The van der Waals surface area contributed by atoms with E-state index in [2.05, 4.69) is 72.9 Å². The van der Waals surface area contributed by atoms with Crippen LogP contribution < -0.4 is 16.0 Å². The van der Waals surface area contributed by atoms with Crippen LogP contribution in [0.25, 0.3) is 10.6 Å². The van der Waals surface area contributed by atoms with E-state index in [0.29, 0.717) is 6.04 Å². The van der Waals surface area contributed by atoms with Crippen LogP contribution in [0, 0.1) is 0 Å². The number of nitrogens with one attached hydrogen (secondary N) is 3. The summed E-state index contributed by atoms with van der Waals surface area (Å²) in [6.45, 7) is 7.82. The van der Waals surface area contributed by atoms with Gasteiger partial charge in [-0.1, -0.05) is 31.4 Å². The summed E-state index contributed by atoms with van der Waals surface area (Å²) in [6.07, 6.45) is 10.1. The van der Waals surface area contributed by atoms with Crippen molar-refractivity contribution < 1.29 is 13.9 Å². The van der Waals surface area contributed by atoms with Crippen molar-refractivity contribution in [3.63, 3.8) is 0 Å². The molecule has 1 unspecified atom stereocenters. The van der Waals surface area contributed by atoms with Crippen molar-refractivity contribution in [2.24, 2.45) is 0 Å². The zero-order valence-electron chi connectivity index (χ0n) is 13.7. The Bertz CT molecular complexity index is 332. The predicted molar refractivity (Wildman–Crippen MR) is 98.9 cm³/mol. The van der Waals surface area contributed by atoms with E-state index in [9.17, 15) is 0 Å². The third kappa shape index (κ3) is 11.3. The van der Waals surface area contributed by atoms with E-state index in [-0.39, 0.29) is 0 Å². The Balaban J connectivity index is 0.00000127. The second-order valence-electron chi connectivity index (χ2n) is 5.61.